The molecule has 2 nitrogen and oxygen atoms in total. The minimum Gasteiger partial charge on any atom is -0.347 e. The van der Waals surface area contributed by atoms with E-state index < -0.39 is 0 Å². The lowest BCUT2D eigenvalue weighted by atomic mass is 10.0. The Bertz CT molecular complexity index is 537. The van der Waals surface area contributed by atoms with Gasteiger partial charge in [0, 0.05) is 43.2 Å². The normalized spacial score (nSPS) is 15.4. The van der Waals surface area contributed by atoms with Crippen LogP contribution in [0.25, 0.3) is 10.9 Å². The van der Waals surface area contributed by atoms with Crippen LogP contribution in [0.2, 0.25) is 0 Å². The number of rotatable bonds is 1. The SMILES string of the molecule is CCc1ccc2c(c1)c1c(n2C)CCNC1. The van der Waals surface area contributed by atoms with Crippen LogP contribution < -0.4 is 5.32 Å². The molecule has 0 saturated heterocycles. The van der Waals surface area contributed by atoms with E-state index in [1.54, 1.807) is 0 Å². The van der Waals surface area contributed by atoms with E-state index in [1.807, 2.05) is 0 Å². The number of hydrogen-bond donors (Lipinski definition) is 1. The Labute approximate surface area is 96.3 Å². The molecule has 0 atom stereocenters. The molecule has 0 radical (unpaired) electrons. The van der Waals surface area contributed by atoms with Gasteiger partial charge < -0.3 is 9.88 Å². The number of benzene rings is 1. The van der Waals surface area contributed by atoms with E-state index in [1.165, 1.54) is 27.7 Å². The molecule has 1 aliphatic heterocycles. The van der Waals surface area contributed by atoms with E-state index in [9.17, 15) is 0 Å². The van der Waals surface area contributed by atoms with Gasteiger partial charge in [0.05, 0.1) is 0 Å². The van der Waals surface area contributed by atoms with Gasteiger partial charge in [0.15, 0.2) is 0 Å². The Morgan fingerprint density at radius 1 is 1.38 bits per heavy atom. The van der Waals surface area contributed by atoms with Crippen molar-refractivity contribution >= 4 is 10.9 Å². The maximum absolute atomic E-state index is 3.47. The van der Waals surface area contributed by atoms with E-state index in [4.69, 9.17) is 0 Å². The first-order valence-electron chi connectivity index (χ1n) is 6.11. The highest BCUT2D eigenvalue weighted by atomic mass is 15.0. The quantitative estimate of drug-likeness (QED) is 0.771. The fourth-order valence-corrected chi connectivity index (χ4v) is 2.78. The molecule has 0 spiro atoms. The number of fused-ring (bicyclic) bond motifs is 3. The van der Waals surface area contributed by atoms with Gasteiger partial charge in [-0.05, 0) is 29.7 Å². The maximum Gasteiger partial charge on any atom is 0.0483 e. The van der Waals surface area contributed by atoms with Crippen molar-refractivity contribution in [1.82, 2.24) is 9.88 Å². The van der Waals surface area contributed by atoms with Crippen molar-refractivity contribution in [3.05, 3.63) is 35.0 Å². The molecule has 84 valence electrons. The summed E-state index contributed by atoms with van der Waals surface area (Å²) in [6, 6.07) is 6.88. The summed E-state index contributed by atoms with van der Waals surface area (Å²) < 4.78 is 2.37. The van der Waals surface area contributed by atoms with Crippen LogP contribution in [0.1, 0.15) is 23.7 Å². The van der Waals surface area contributed by atoms with Gasteiger partial charge in [0.1, 0.15) is 0 Å². The zero-order valence-electron chi connectivity index (χ0n) is 10.0. The van der Waals surface area contributed by atoms with Crippen LogP contribution >= 0.6 is 0 Å². The molecule has 0 fully saturated rings. The fraction of sp³-hybridized carbons (Fsp3) is 0.429. The molecule has 1 aliphatic rings. The minimum absolute atomic E-state index is 1.03. The third kappa shape index (κ3) is 1.30. The van der Waals surface area contributed by atoms with Crippen molar-refractivity contribution in [2.45, 2.75) is 26.3 Å². The van der Waals surface area contributed by atoms with E-state index in [2.05, 4.69) is 42.1 Å². The Morgan fingerprint density at radius 2 is 2.25 bits per heavy atom. The second-order valence-electron chi connectivity index (χ2n) is 4.62. The summed E-state index contributed by atoms with van der Waals surface area (Å²) in [5.74, 6) is 0. The third-order valence-corrected chi connectivity index (χ3v) is 3.75. The third-order valence-electron chi connectivity index (χ3n) is 3.75. The van der Waals surface area contributed by atoms with Crippen LogP contribution in [0.4, 0.5) is 0 Å². The molecule has 0 aliphatic carbocycles. The van der Waals surface area contributed by atoms with E-state index in [0.717, 1.165) is 25.9 Å². The molecule has 0 saturated carbocycles. The first-order valence-corrected chi connectivity index (χ1v) is 6.11. The number of nitrogens with zero attached hydrogens (tertiary/aromatic N) is 1. The molecule has 2 heterocycles. The van der Waals surface area contributed by atoms with Crippen LogP contribution in [0, 0.1) is 0 Å². The summed E-state index contributed by atoms with van der Waals surface area (Å²) in [5, 5.41) is 4.92. The molecule has 1 aromatic carbocycles. The second kappa shape index (κ2) is 3.63. The predicted molar refractivity (Wildman–Crippen MR) is 67.7 cm³/mol. The molecule has 1 N–H and O–H groups in total. The van der Waals surface area contributed by atoms with Gasteiger partial charge >= 0.3 is 0 Å². The van der Waals surface area contributed by atoms with Crippen LogP contribution in [0.3, 0.4) is 0 Å². The molecule has 0 unspecified atom stereocenters. The molecule has 0 bridgehead atoms. The molecular formula is C14H18N2. The number of aryl methyl sites for hydroxylation is 2. The topological polar surface area (TPSA) is 17.0 Å². The standard InChI is InChI=1S/C14H18N2/c1-3-10-4-5-13-11(8-10)12-9-15-7-6-14(12)16(13)2/h4-5,8,15H,3,6-7,9H2,1-2H3. The molecule has 1 aromatic heterocycles. The Hall–Kier alpha value is -1.28. The monoisotopic (exact) mass is 214 g/mol. The summed E-state index contributed by atoms with van der Waals surface area (Å²) in [7, 11) is 2.19. The zero-order valence-corrected chi connectivity index (χ0v) is 10.0. The second-order valence-corrected chi connectivity index (χ2v) is 4.62. The van der Waals surface area contributed by atoms with Crippen molar-refractivity contribution in [2.24, 2.45) is 7.05 Å². The van der Waals surface area contributed by atoms with Crippen molar-refractivity contribution < 1.29 is 0 Å². The lowest BCUT2D eigenvalue weighted by molar-refractivity contribution is 0.622. The highest BCUT2D eigenvalue weighted by Crippen LogP contribution is 2.28. The summed E-state index contributed by atoms with van der Waals surface area (Å²) in [4.78, 5) is 0. The molecule has 3 rings (SSSR count). The van der Waals surface area contributed by atoms with Crippen molar-refractivity contribution in [3.63, 3.8) is 0 Å². The number of aromatic nitrogens is 1. The lowest BCUT2D eigenvalue weighted by Crippen LogP contribution is -2.24. The van der Waals surface area contributed by atoms with Crippen LogP contribution in [0.5, 0.6) is 0 Å². The van der Waals surface area contributed by atoms with Crippen molar-refractivity contribution in [2.75, 3.05) is 6.54 Å². The maximum atomic E-state index is 3.47. The molecular weight excluding hydrogens is 196 g/mol. The van der Waals surface area contributed by atoms with Gasteiger partial charge in [0.25, 0.3) is 0 Å². The molecule has 16 heavy (non-hydrogen) atoms. The van der Waals surface area contributed by atoms with E-state index in [0.29, 0.717) is 0 Å². The molecule has 2 aromatic rings. The van der Waals surface area contributed by atoms with Crippen LogP contribution in [-0.2, 0) is 26.4 Å². The minimum atomic E-state index is 1.03. The first-order chi connectivity index (χ1) is 7.81. The van der Waals surface area contributed by atoms with Gasteiger partial charge in [-0.1, -0.05) is 13.0 Å². The molecule has 0 amide bonds. The van der Waals surface area contributed by atoms with Gasteiger partial charge in [0.2, 0.25) is 0 Å². The summed E-state index contributed by atoms with van der Waals surface area (Å²) >= 11 is 0. The highest BCUT2D eigenvalue weighted by molar-refractivity contribution is 5.86. The average molecular weight is 214 g/mol. The largest absolute Gasteiger partial charge is 0.347 e. The van der Waals surface area contributed by atoms with Gasteiger partial charge in [-0.3, -0.25) is 0 Å². The van der Waals surface area contributed by atoms with Gasteiger partial charge in [-0.2, -0.15) is 0 Å². The summed E-state index contributed by atoms with van der Waals surface area (Å²) in [5.41, 5.74) is 5.85. The smallest absolute Gasteiger partial charge is 0.0483 e. The van der Waals surface area contributed by atoms with Crippen molar-refractivity contribution in [1.29, 1.82) is 0 Å². The first kappa shape index (κ1) is 9.91. The summed E-state index contributed by atoms with van der Waals surface area (Å²) in [6.45, 7) is 4.35. The highest BCUT2D eigenvalue weighted by Gasteiger charge is 2.17. The summed E-state index contributed by atoms with van der Waals surface area (Å²) in [6.07, 6.45) is 2.27. The fourth-order valence-electron chi connectivity index (χ4n) is 2.78. The molecule has 2 heteroatoms. The average Bonchev–Trinajstić information content (AvgIpc) is 2.64. The Balaban J connectivity index is 2.31. The van der Waals surface area contributed by atoms with Gasteiger partial charge in [-0.15, -0.1) is 0 Å². The van der Waals surface area contributed by atoms with Gasteiger partial charge in [-0.25, -0.2) is 0 Å². The van der Waals surface area contributed by atoms with Crippen LogP contribution in [-0.4, -0.2) is 11.1 Å². The number of hydrogen-bond acceptors (Lipinski definition) is 1. The lowest BCUT2D eigenvalue weighted by Gasteiger charge is -2.14. The van der Waals surface area contributed by atoms with Crippen LogP contribution in [0.15, 0.2) is 18.2 Å². The number of nitrogens with one attached hydrogen (secondary N) is 1. The van der Waals surface area contributed by atoms with E-state index >= 15 is 0 Å². The van der Waals surface area contributed by atoms with E-state index in [-0.39, 0.29) is 0 Å². The Kier molecular flexibility index (Phi) is 2.25. The Morgan fingerprint density at radius 3 is 3.06 bits per heavy atom. The zero-order chi connectivity index (χ0) is 11.1. The predicted octanol–water partition coefficient (Wildman–Crippen LogP) is 2.39. The van der Waals surface area contributed by atoms with Crippen molar-refractivity contribution in [3.8, 4) is 0 Å².